The van der Waals surface area contributed by atoms with Crippen molar-refractivity contribution < 1.29 is 4.74 Å². The second-order valence-electron chi connectivity index (χ2n) is 4.19. The number of anilines is 1. The zero-order chi connectivity index (χ0) is 12.3. The average molecular weight is 251 g/mol. The van der Waals surface area contributed by atoms with Gasteiger partial charge in [0.1, 0.15) is 6.07 Å². The van der Waals surface area contributed by atoms with Gasteiger partial charge in [-0.25, -0.2) is 0 Å². The van der Waals surface area contributed by atoms with Crippen LogP contribution in [0.15, 0.2) is 18.2 Å². The van der Waals surface area contributed by atoms with E-state index in [4.69, 9.17) is 21.6 Å². The zero-order valence-corrected chi connectivity index (χ0v) is 10.5. The lowest BCUT2D eigenvalue weighted by Crippen LogP contribution is -2.40. The summed E-state index contributed by atoms with van der Waals surface area (Å²) in [5.74, 6) is 0. The molecule has 0 spiro atoms. The molecule has 1 aliphatic rings. The lowest BCUT2D eigenvalue weighted by molar-refractivity contribution is 0.00299. The molecule has 1 fully saturated rings. The average Bonchev–Trinajstić information content (AvgIpc) is 2.28. The minimum Gasteiger partial charge on any atom is -0.381 e. The Labute approximate surface area is 106 Å². The number of hydrogen-bond acceptors (Lipinski definition) is 3. The quantitative estimate of drug-likeness (QED) is 0.893. The maximum Gasteiger partial charge on any atom is 0.101 e. The van der Waals surface area contributed by atoms with Gasteiger partial charge in [0.2, 0.25) is 0 Å². The van der Waals surface area contributed by atoms with E-state index in [1.807, 2.05) is 13.0 Å². The van der Waals surface area contributed by atoms with Gasteiger partial charge in [0, 0.05) is 17.7 Å². The van der Waals surface area contributed by atoms with Crippen LogP contribution >= 0.6 is 11.6 Å². The molecule has 1 aromatic carbocycles. The molecule has 2 rings (SSSR count). The van der Waals surface area contributed by atoms with Crippen molar-refractivity contribution in [2.75, 3.05) is 11.9 Å². The predicted molar refractivity (Wildman–Crippen MR) is 68.2 cm³/mol. The van der Waals surface area contributed by atoms with Crippen LogP contribution in [0, 0.1) is 11.3 Å². The summed E-state index contributed by atoms with van der Waals surface area (Å²) in [5.41, 5.74) is 1.45. The number of ether oxygens (including phenoxy) is 1. The lowest BCUT2D eigenvalue weighted by atomic mass is 9.89. The molecule has 0 amide bonds. The van der Waals surface area contributed by atoms with Crippen molar-refractivity contribution in [2.45, 2.75) is 31.9 Å². The van der Waals surface area contributed by atoms with Crippen molar-refractivity contribution in [3.8, 4) is 6.07 Å². The zero-order valence-electron chi connectivity index (χ0n) is 9.74. The Morgan fingerprint density at radius 2 is 2.29 bits per heavy atom. The summed E-state index contributed by atoms with van der Waals surface area (Å²) in [6, 6.07) is 7.88. The summed E-state index contributed by atoms with van der Waals surface area (Å²) in [6.45, 7) is 2.77. The number of nitriles is 1. The van der Waals surface area contributed by atoms with Crippen LogP contribution < -0.4 is 5.32 Å². The number of nitrogens with zero attached hydrogens (tertiary/aromatic N) is 1. The van der Waals surface area contributed by atoms with Crippen molar-refractivity contribution in [3.63, 3.8) is 0 Å². The van der Waals surface area contributed by atoms with E-state index in [-0.39, 0.29) is 0 Å². The second kappa shape index (κ2) is 5.39. The van der Waals surface area contributed by atoms with E-state index in [2.05, 4.69) is 11.4 Å². The van der Waals surface area contributed by atoms with Gasteiger partial charge in [0.05, 0.1) is 17.4 Å². The highest BCUT2D eigenvalue weighted by Gasteiger charge is 2.29. The fourth-order valence-electron chi connectivity index (χ4n) is 2.01. The molecule has 17 heavy (non-hydrogen) atoms. The van der Waals surface area contributed by atoms with Crippen LogP contribution in [0.3, 0.4) is 0 Å². The Morgan fingerprint density at radius 1 is 1.53 bits per heavy atom. The number of nitrogens with one attached hydrogen (secondary N) is 1. The Hall–Kier alpha value is -1.24. The number of rotatable bonds is 4. The first-order chi connectivity index (χ1) is 8.22. The molecule has 90 valence electrons. The summed E-state index contributed by atoms with van der Waals surface area (Å²) in [6.07, 6.45) is 2.37. The summed E-state index contributed by atoms with van der Waals surface area (Å²) in [7, 11) is 0. The predicted octanol–water partition coefficient (Wildman–Crippen LogP) is 3.19. The van der Waals surface area contributed by atoms with E-state index >= 15 is 0 Å². The highest BCUT2D eigenvalue weighted by Crippen LogP contribution is 2.29. The highest BCUT2D eigenvalue weighted by molar-refractivity contribution is 6.30. The van der Waals surface area contributed by atoms with Crippen molar-refractivity contribution in [3.05, 3.63) is 28.8 Å². The first kappa shape index (κ1) is 12.2. The van der Waals surface area contributed by atoms with Crippen molar-refractivity contribution >= 4 is 17.3 Å². The lowest BCUT2D eigenvalue weighted by Gasteiger charge is -2.36. The molecule has 0 unspecified atom stereocenters. The van der Waals surface area contributed by atoms with E-state index in [9.17, 15) is 0 Å². The molecule has 1 aliphatic carbocycles. The standard InChI is InChI=1S/C13H15ClN2O/c1-2-17-12-6-11(7-12)16-13-4-3-10(14)5-9(13)8-15/h3-5,11-12,16H,2,6-7H2,1H3. The number of hydrogen-bond donors (Lipinski definition) is 1. The van der Waals surface area contributed by atoms with E-state index in [1.54, 1.807) is 12.1 Å². The second-order valence-corrected chi connectivity index (χ2v) is 4.63. The third kappa shape index (κ3) is 2.91. The van der Waals surface area contributed by atoms with Crippen LogP contribution in [0.5, 0.6) is 0 Å². The van der Waals surface area contributed by atoms with E-state index in [0.717, 1.165) is 25.1 Å². The maximum atomic E-state index is 9.01. The van der Waals surface area contributed by atoms with Gasteiger partial charge in [0.25, 0.3) is 0 Å². The van der Waals surface area contributed by atoms with Crippen LogP contribution in [0.4, 0.5) is 5.69 Å². The van der Waals surface area contributed by atoms with Gasteiger partial charge in [-0.05, 0) is 38.0 Å². The van der Waals surface area contributed by atoms with Crippen molar-refractivity contribution in [1.29, 1.82) is 5.26 Å². The van der Waals surface area contributed by atoms with E-state index in [1.165, 1.54) is 0 Å². The van der Waals surface area contributed by atoms with Crippen LogP contribution in [0.2, 0.25) is 5.02 Å². The van der Waals surface area contributed by atoms with E-state index < -0.39 is 0 Å². The molecule has 0 atom stereocenters. The molecular formula is C13H15ClN2O. The summed E-state index contributed by atoms with van der Waals surface area (Å²) in [5, 5.41) is 13.0. The third-order valence-electron chi connectivity index (χ3n) is 2.96. The summed E-state index contributed by atoms with van der Waals surface area (Å²) < 4.78 is 5.50. The fourth-order valence-corrected chi connectivity index (χ4v) is 2.18. The smallest absolute Gasteiger partial charge is 0.101 e. The summed E-state index contributed by atoms with van der Waals surface area (Å²) in [4.78, 5) is 0. The highest BCUT2D eigenvalue weighted by atomic mass is 35.5. The Morgan fingerprint density at radius 3 is 2.94 bits per heavy atom. The van der Waals surface area contributed by atoms with Crippen LogP contribution in [-0.2, 0) is 4.74 Å². The number of halogens is 1. The van der Waals surface area contributed by atoms with Crippen molar-refractivity contribution in [1.82, 2.24) is 0 Å². The van der Waals surface area contributed by atoms with Gasteiger partial charge in [0.15, 0.2) is 0 Å². The van der Waals surface area contributed by atoms with Crippen molar-refractivity contribution in [2.24, 2.45) is 0 Å². The third-order valence-corrected chi connectivity index (χ3v) is 3.19. The fraction of sp³-hybridized carbons (Fsp3) is 0.462. The van der Waals surface area contributed by atoms with Gasteiger partial charge in [-0.1, -0.05) is 11.6 Å². The Kier molecular flexibility index (Phi) is 3.88. The molecule has 1 saturated carbocycles. The van der Waals surface area contributed by atoms with Gasteiger partial charge >= 0.3 is 0 Å². The molecule has 0 radical (unpaired) electrons. The van der Waals surface area contributed by atoms with Crippen LogP contribution in [0.25, 0.3) is 0 Å². The Balaban J connectivity index is 1.95. The molecule has 0 heterocycles. The molecule has 0 aliphatic heterocycles. The van der Waals surface area contributed by atoms with E-state index in [0.29, 0.717) is 22.7 Å². The monoisotopic (exact) mass is 250 g/mol. The first-order valence-electron chi connectivity index (χ1n) is 5.80. The molecule has 0 aromatic heterocycles. The maximum absolute atomic E-state index is 9.01. The molecular weight excluding hydrogens is 236 g/mol. The minimum atomic E-state index is 0.371. The van der Waals surface area contributed by atoms with Gasteiger partial charge < -0.3 is 10.1 Å². The van der Waals surface area contributed by atoms with Gasteiger partial charge in [-0.15, -0.1) is 0 Å². The molecule has 4 heteroatoms. The van der Waals surface area contributed by atoms with Crippen LogP contribution in [0.1, 0.15) is 25.3 Å². The molecule has 0 bridgehead atoms. The first-order valence-corrected chi connectivity index (χ1v) is 6.18. The largest absolute Gasteiger partial charge is 0.381 e. The molecule has 3 nitrogen and oxygen atoms in total. The SMILES string of the molecule is CCOC1CC(Nc2ccc(Cl)cc2C#N)C1. The topological polar surface area (TPSA) is 45.0 Å². The van der Waals surface area contributed by atoms with Gasteiger partial charge in [-0.2, -0.15) is 5.26 Å². The molecule has 1 N–H and O–H groups in total. The molecule has 1 aromatic rings. The van der Waals surface area contributed by atoms with Crippen LogP contribution in [-0.4, -0.2) is 18.8 Å². The van der Waals surface area contributed by atoms with Gasteiger partial charge in [-0.3, -0.25) is 0 Å². The minimum absolute atomic E-state index is 0.371. The Bertz CT molecular complexity index is 436. The molecule has 0 saturated heterocycles. The normalized spacial score (nSPS) is 22.6. The summed E-state index contributed by atoms with van der Waals surface area (Å²) >= 11 is 5.85. The number of benzene rings is 1.